The van der Waals surface area contributed by atoms with Crippen molar-refractivity contribution in [3.63, 3.8) is 0 Å². The molecule has 5 N–H and O–H groups in total. The molecule has 270 valence electrons. The Morgan fingerprint density at radius 3 is 2.25 bits per heavy atom. The summed E-state index contributed by atoms with van der Waals surface area (Å²) < 4.78 is 59.6. The largest absolute Gasteiger partial charge is 0.480 e. The summed E-state index contributed by atoms with van der Waals surface area (Å²) in [6.45, 7) is 4.82. The second kappa shape index (κ2) is 15.8. The highest BCUT2D eigenvalue weighted by Gasteiger charge is 2.37. The molecule has 0 spiro atoms. The minimum Gasteiger partial charge on any atom is -0.480 e. The summed E-state index contributed by atoms with van der Waals surface area (Å²) in [5.41, 5.74) is 3.04. The Kier molecular flexibility index (Phi) is 11.5. The first-order chi connectivity index (χ1) is 24.2. The molecule has 15 nitrogen and oxygen atoms in total. The van der Waals surface area contributed by atoms with Gasteiger partial charge in [0.2, 0.25) is 16.0 Å². The van der Waals surface area contributed by atoms with Crippen LogP contribution < -0.4 is 20.2 Å². The zero-order chi connectivity index (χ0) is 36.8. The Balaban J connectivity index is 1.30. The van der Waals surface area contributed by atoms with Gasteiger partial charge in [0.05, 0.1) is 10.1 Å². The van der Waals surface area contributed by atoms with Crippen LogP contribution in [0.1, 0.15) is 43.4 Å². The molecule has 4 aromatic rings. The van der Waals surface area contributed by atoms with Crippen LogP contribution in [0.4, 0.5) is 27.9 Å². The molecule has 0 radical (unpaired) electrons. The number of carbonyl (C=O) groups excluding carboxylic acids is 1. The molecule has 5 rings (SSSR count). The smallest absolute Gasteiger partial charge is 0.426 e. The van der Waals surface area contributed by atoms with Gasteiger partial charge in [0.25, 0.3) is 10.0 Å². The van der Waals surface area contributed by atoms with Gasteiger partial charge < -0.3 is 20.5 Å². The number of carboxylic acids is 1. The van der Waals surface area contributed by atoms with E-state index >= 15 is 0 Å². The van der Waals surface area contributed by atoms with Crippen LogP contribution in [0.2, 0.25) is 0 Å². The molecule has 17 heteroatoms. The molecule has 1 amide bonds. The number of aliphatic carboxylic acids is 1. The fourth-order valence-corrected chi connectivity index (χ4v) is 7.40. The van der Waals surface area contributed by atoms with Crippen molar-refractivity contribution in [2.45, 2.75) is 63.0 Å². The van der Waals surface area contributed by atoms with Gasteiger partial charge in [0.1, 0.15) is 12.4 Å². The summed E-state index contributed by atoms with van der Waals surface area (Å²) in [6.07, 6.45) is 1.74. The molecule has 1 atom stereocenters. The highest BCUT2D eigenvalue weighted by molar-refractivity contribution is 7.90. The molecule has 0 bridgehead atoms. The van der Waals surface area contributed by atoms with E-state index in [1.807, 2.05) is 12.1 Å². The fourth-order valence-electron chi connectivity index (χ4n) is 4.95. The van der Waals surface area contributed by atoms with Crippen LogP contribution in [-0.4, -0.2) is 60.3 Å². The van der Waals surface area contributed by atoms with Crippen LogP contribution in [0.25, 0.3) is 0 Å². The number of carboxylic acid groups (broad SMARTS) is 1. The number of rotatable bonds is 16. The number of nitrogens with one attached hydrogen (secondary N) is 4. The number of nitrogens with zero attached hydrogens (tertiary/aromatic N) is 3. The summed E-state index contributed by atoms with van der Waals surface area (Å²) in [6, 6.07) is 19.9. The van der Waals surface area contributed by atoms with Crippen LogP contribution in [0, 0.1) is 12.8 Å². The number of carbonyl (C=O) groups is 2. The summed E-state index contributed by atoms with van der Waals surface area (Å²) in [4.78, 5) is 36.0. The molecule has 1 fully saturated rings. The van der Waals surface area contributed by atoms with Crippen LogP contribution in [-0.2, 0) is 42.7 Å². The molecule has 1 aromatic heterocycles. The van der Waals surface area contributed by atoms with Gasteiger partial charge in [-0.15, -0.1) is 4.83 Å². The number of aryl methyl sites for hydroxylation is 1. The van der Waals surface area contributed by atoms with Crippen molar-refractivity contribution in [2.75, 3.05) is 10.6 Å². The van der Waals surface area contributed by atoms with Crippen molar-refractivity contribution in [3.8, 4) is 0 Å². The van der Waals surface area contributed by atoms with Gasteiger partial charge in [-0.25, -0.2) is 41.1 Å². The van der Waals surface area contributed by atoms with Crippen LogP contribution in [0.5, 0.6) is 0 Å². The van der Waals surface area contributed by atoms with E-state index in [1.54, 1.807) is 61.7 Å². The van der Waals surface area contributed by atoms with Crippen LogP contribution in [0.3, 0.4) is 0 Å². The number of anilines is 4. The Labute approximate surface area is 296 Å². The predicted molar refractivity (Wildman–Crippen MR) is 190 cm³/mol. The summed E-state index contributed by atoms with van der Waals surface area (Å²) in [5, 5.41) is 16.3. The zero-order valence-corrected chi connectivity index (χ0v) is 29.7. The first kappa shape index (κ1) is 37.2. The maximum atomic E-state index is 13.6. The standard InChI is InChI=1S/C34H39N7O8S2/c1-22(2)30(32(42)43)41(34(44)49-21-24-9-5-4-6-10-24)40-51(47,48)29-14-8-13-27(18-29)38-33-35-19-23(3)31(39-33)37-26-12-7-11-25(17-26)20-36-50(45,46)28-15-16-28/h4-14,17-19,22,28,30,36,40H,15-16,20-21H2,1-3H3,(H,42,43)(H2,35,37,38,39)/t30-/m0/s1. The molecule has 1 aliphatic carbocycles. The summed E-state index contributed by atoms with van der Waals surface area (Å²) in [5.74, 6) is -1.53. The number of aromatic nitrogens is 2. The zero-order valence-electron chi connectivity index (χ0n) is 28.1. The maximum absolute atomic E-state index is 13.6. The highest BCUT2D eigenvalue weighted by Crippen LogP contribution is 2.28. The van der Waals surface area contributed by atoms with Crippen LogP contribution >= 0.6 is 0 Å². The Morgan fingerprint density at radius 1 is 0.922 bits per heavy atom. The van der Waals surface area contributed by atoms with E-state index in [0.29, 0.717) is 40.5 Å². The van der Waals surface area contributed by atoms with E-state index < -0.39 is 44.1 Å². The van der Waals surface area contributed by atoms with Crippen molar-refractivity contribution >= 4 is 55.3 Å². The van der Waals surface area contributed by atoms with Crippen molar-refractivity contribution in [3.05, 3.63) is 102 Å². The first-order valence-electron chi connectivity index (χ1n) is 16.0. The molecule has 3 aromatic carbocycles. The normalized spacial score (nSPS) is 13.7. The number of amides is 1. The minimum atomic E-state index is -4.51. The SMILES string of the molecule is Cc1cnc(Nc2cccc(S(=O)(=O)NN(C(=O)OCc3ccccc3)[C@H](C(=O)O)C(C)C)c2)nc1Nc1cccc(CNS(=O)(=O)C2CC2)c1. The maximum Gasteiger partial charge on any atom is 0.426 e. The predicted octanol–water partition coefficient (Wildman–Crippen LogP) is 4.80. The number of hydrogen-bond donors (Lipinski definition) is 5. The van der Waals surface area contributed by atoms with E-state index in [0.717, 1.165) is 5.56 Å². The summed E-state index contributed by atoms with van der Waals surface area (Å²) in [7, 11) is -7.85. The van der Waals surface area contributed by atoms with Crippen LogP contribution in [0.15, 0.2) is 90.0 Å². The third-order valence-electron chi connectivity index (χ3n) is 7.79. The van der Waals surface area contributed by atoms with Gasteiger partial charge in [-0.2, -0.15) is 4.98 Å². The molecule has 0 saturated heterocycles. The van der Waals surface area contributed by atoms with Crippen molar-refractivity contribution in [1.82, 2.24) is 24.5 Å². The Morgan fingerprint density at radius 2 is 1.59 bits per heavy atom. The molecule has 51 heavy (non-hydrogen) atoms. The number of benzene rings is 3. The van der Waals surface area contributed by atoms with Gasteiger partial charge in [-0.1, -0.05) is 62.4 Å². The number of hydrazine groups is 1. The van der Waals surface area contributed by atoms with Gasteiger partial charge in [-0.05, 0) is 67.1 Å². The van der Waals surface area contributed by atoms with Crippen molar-refractivity contribution in [1.29, 1.82) is 0 Å². The number of hydrogen-bond acceptors (Lipinski definition) is 11. The van der Waals surface area contributed by atoms with E-state index in [2.05, 4.69) is 30.2 Å². The molecular weight excluding hydrogens is 699 g/mol. The number of ether oxygens (including phenoxy) is 1. The second-order valence-electron chi connectivity index (χ2n) is 12.3. The summed E-state index contributed by atoms with van der Waals surface area (Å²) >= 11 is 0. The second-order valence-corrected chi connectivity index (χ2v) is 16.0. The first-order valence-corrected chi connectivity index (χ1v) is 19.0. The lowest BCUT2D eigenvalue weighted by atomic mass is 10.0. The monoisotopic (exact) mass is 737 g/mol. The third kappa shape index (κ3) is 10.0. The van der Waals surface area contributed by atoms with Crippen molar-refractivity contribution < 1.29 is 36.3 Å². The average Bonchev–Trinajstić information content (AvgIpc) is 3.95. The quantitative estimate of drug-likeness (QED) is 0.0983. The lowest BCUT2D eigenvalue weighted by Crippen LogP contribution is -2.56. The van der Waals surface area contributed by atoms with Gasteiger partial charge in [0.15, 0.2) is 6.04 Å². The Hall–Kier alpha value is -5.10. The minimum absolute atomic E-state index is 0.135. The van der Waals surface area contributed by atoms with E-state index in [4.69, 9.17) is 4.74 Å². The fraction of sp³-hybridized carbons (Fsp3) is 0.294. The van der Waals surface area contributed by atoms with Gasteiger partial charge >= 0.3 is 12.1 Å². The third-order valence-corrected chi connectivity index (χ3v) is 11.0. The average molecular weight is 738 g/mol. The molecule has 0 unspecified atom stereocenters. The Bertz CT molecular complexity index is 2090. The highest BCUT2D eigenvalue weighted by atomic mass is 32.2. The molecule has 0 aliphatic heterocycles. The lowest BCUT2D eigenvalue weighted by Gasteiger charge is -2.30. The van der Waals surface area contributed by atoms with Gasteiger partial charge in [0, 0.05) is 29.7 Å². The topological polar surface area (TPSA) is 209 Å². The molecule has 1 aliphatic rings. The molecule has 1 heterocycles. The van der Waals surface area contributed by atoms with E-state index in [1.165, 1.54) is 32.0 Å². The van der Waals surface area contributed by atoms with E-state index in [9.17, 15) is 31.5 Å². The van der Waals surface area contributed by atoms with Gasteiger partial charge in [-0.3, -0.25) is 0 Å². The lowest BCUT2D eigenvalue weighted by molar-refractivity contribution is -0.145. The number of sulfonamides is 2. The van der Waals surface area contributed by atoms with Crippen molar-refractivity contribution in [2.24, 2.45) is 5.92 Å². The van der Waals surface area contributed by atoms with E-state index in [-0.39, 0.29) is 34.9 Å². The molecule has 1 saturated carbocycles. The molecular formula is C34H39N7O8S2.